The van der Waals surface area contributed by atoms with E-state index in [1.54, 1.807) is 31.4 Å². The van der Waals surface area contributed by atoms with Crippen LogP contribution in [0.5, 0.6) is 5.75 Å². The number of rotatable bonds is 34. The molecule has 1 N–H and O–H groups in total. The molecule has 19 atom stereocenters. The molecular weight excluding hydrogens is 1180 g/mol. The van der Waals surface area contributed by atoms with Crippen LogP contribution in [-0.4, -0.2) is 149 Å². The summed E-state index contributed by atoms with van der Waals surface area (Å²) in [5, 5.41) is 14.3. The highest BCUT2D eigenvalue weighted by atomic mass is 28.4. The van der Waals surface area contributed by atoms with Crippen LogP contribution >= 0.6 is 0 Å². The van der Waals surface area contributed by atoms with Gasteiger partial charge in [0.2, 0.25) is 0 Å². The predicted molar refractivity (Wildman–Crippen MR) is 352 cm³/mol. The van der Waals surface area contributed by atoms with Crippen molar-refractivity contribution >= 4 is 42.9 Å². The number of fused-ring (bicyclic) bond motifs is 4. The molecule has 16 nitrogen and oxygen atoms in total. The largest absolute Gasteiger partial charge is 0.497 e. The minimum absolute atomic E-state index is 0.00492. The first-order valence-electron chi connectivity index (χ1n) is 35.6. The van der Waals surface area contributed by atoms with E-state index < -0.39 is 109 Å². The molecule has 1 aromatic rings. The second-order valence-electron chi connectivity index (χ2n) is 28.8. The number of hydrogen-bond acceptors (Lipinski definition) is 16. The summed E-state index contributed by atoms with van der Waals surface area (Å²) in [6.07, 6.45) is 4.53. The van der Waals surface area contributed by atoms with Crippen LogP contribution in [0.3, 0.4) is 0 Å². The summed E-state index contributed by atoms with van der Waals surface area (Å²) in [4.78, 5) is 42.4. The molecule has 7 fully saturated rings. The Morgan fingerprint density at radius 3 is 1.72 bits per heavy atom. The van der Waals surface area contributed by atoms with Gasteiger partial charge in [-0.3, -0.25) is 9.59 Å². The Kier molecular flexibility index (Phi) is 25.0. The third-order valence-electron chi connectivity index (χ3n) is 25.3. The lowest BCUT2D eigenvalue weighted by atomic mass is 9.44. The van der Waals surface area contributed by atoms with E-state index in [0.717, 1.165) is 106 Å². The van der Waals surface area contributed by atoms with Crippen LogP contribution in [0.15, 0.2) is 24.3 Å². The lowest BCUT2D eigenvalue weighted by Crippen LogP contribution is -2.66. The number of benzene rings is 1. The Morgan fingerprint density at radius 1 is 0.629 bits per heavy atom. The quantitative estimate of drug-likeness (QED) is 0.0297. The molecule has 8 rings (SSSR count). The van der Waals surface area contributed by atoms with Gasteiger partial charge in [0.15, 0.2) is 49.7 Å². The van der Waals surface area contributed by atoms with E-state index in [2.05, 4.69) is 83.1 Å². The number of carbonyl (C=O) groups excluding carboxylic acids is 3. The first kappa shape index (κ1) is 72.5. The number of hydrogen-bond donors (Lipinski definition) is 1. The van der Waals surface area contributed by atoms with E-state index in [9.17, 15) is 19.5 Å². The smallest absolute Gasteiger partial charge is 0.338 e. The SMILES string of the molecule is CCCCCCCCC(=O)OC[C@@H](C)[C@@]1(O)[C@@H](O[C@@H]2OC[C@H](O[Si](CC)(CC)CC)[C@H](O[C@@H]3OC[C@@H](O[Si](CC)(CC)CC)[C@H](O[Si](CC)(CC)CC)[C@H]3OC(=O)c3ccc(OC)cc3)[C@H]2OC(C)=O)C[C@H]2[C@@H]3C[C@@H](OC)[C@@]45C[C@@H]4CC[C@]5(C)[C@H]3CC[C@@]21C. The summed E-state index contributed by atoms with van der Waals surface area (Å²) >= 11 is 0. The zero-order valence-corrected chi connectivity index (χ0v) is 60.9. The maximum absolute atomic E-state index is 14.9. The molecule has 5 aliphatic carbocycles. The van der Waals surface area contributed by atoms with Crippen LogP contribution in [0, 0.1) is 45.8 Å². The zero-order valence-electron chi connectivity index (χ0n) is 57.9. The number of carbonyl (C=O) groups is 3. The Bertz CT molecular complexity index is 2420. The summed E-state index contributed by atoms with van der Waals surface area (Å²) in [5.74, 6) is 0.0257. The van der Waals surface area contributed by atoms with Crippen molar-refractivity contribution < 1.29 is 75.4 Å². The first-order chi connectivity index (χ1) is 42.6. The number of esters is 3. The molecule has 5 saturated carbocycles. The predicted octanol–water partition coefficient (Wildman–Crippen LogP) is 14.7. The van der Waals surface area contributed by atoms with Gasteiger partial charge in [-0.1, -0.05) is 122 Å². The lowest BCUT2D eigenvalue weighted by Gasteiger charge is -2.61. The van der Waals surface area contributed by atoms with Gasteiger partial charge in [-0.25, -0.2) is 4.79 Å². The van der Waals surface area contributed by atoms with Crippen molar-refractivity contribution in [1.29, 1.82) is 0 Å². The average Bonchev–Trinajstić information content (AvgIpc) is 1.49. The van der Waals surface area contributed by atoms with Crippen molar-refractivity contribution in [1.82, 2.24) is 0 Å². The van der Waals surface area contributed by atoms with Crippen molar-refractivity contribution in [2.75, 3.05) is 34.0 Å². The Morgan fingerprint density at radius 2 is 1.17 bits per heavy atom. The van der Waals surface area contributed by atoms with E-state index in [0.29, 0.717) is 36.0 Å². The molecule has 2 saturated heterocycles. The Balaban J connectivity index is 1.20. The maximum Gasteiger partial charge on any atom is 0.338 e. The third kappa shape index (κ3) is 14.2. The molecule has 2 aliphatic heterocycles. The summed E-state index contributed by atoms with van der Waals surface area (Å²) in [5.41, 5.74) is -1.57. The van der Waals surface area contributed by atoms with Crippen molar-refractivity contribution in [2.24, 2.45) is 45.8 Å². The average molecular weight is 1300 g/mol. The highest BCUT2D eigenvalue weighted by molar-refractivity contribution is 6.74. The fourth-order valence-corrected chi connectivity index (χ4v) is 27.5. The van der Waals surface area contributed by atoms with E-state index in [4.69, 9.17) is 55.9 Å². The summed E-state index contributed by atoms with van der Waals surface area (Å²) in [6, 6.07) is 14.4. The van der Waals surface area contributed by atoms with Gasteiger partial charge in [0.25, 0.3) is 0 Å². The fourth-order valence-electron chi connectivity index (χ4n) is 19.0. The van der Waals surface area contributed by atoms with Crippen molar-refractivity contribution in [3.8, 4) is 5.75 Å². The maximum atomic E-state index is 14.9. The van der Waals surface area contributed by atoms with E-state index >= 15 is 0 Å². The number of unbranched alkanes of at least 4 members (excludes halogenated alkanes) is 5. The number of ether oxygens (including phenoxy) is 9. The van der Waals surface area contributed by atoms with Crippen LogP contribution in [0.2, 0.25) is 54.4 Å². The van der Waals surface area contributed by atoms with Crippen molar-refractivity contribution in [3.05, 3.63) is 29.8 Å². The van der Waals surface area contributed by atoms with E-state index in [-0.39, 0.29) is 54.6 Å². The van der Waals surface area contributed by atoms with Crippen molar-refractivity contribution in [2.45, 2.75) is 308 Å². The molecule has 1 spiro atoms. The van der Waals surface area contributed by atoms with Crippen LogP contribution in [0.25, 0.3) is 0 Å². The molecule has 2 heterocycles. The van der Waals surface area contributed by atoms with E-state index in [1.165, 1.54) is 32.6 Å². The minimum atomic E-state index is -2.51. The normalized spacial score (nSPS) is 36.3. The summed E-state index contributed by atoms with van der Waals surface area (Å²) in [7, 11) is -3.88. The Hall–Kier alpha value is -2.28. The molecule has 0 aromatic heterocycles. The second-order valence-corrected chi connectivity index (χ2v) is 43.0. The minimum Gasteiger partial charge on any atom is -0.497 e. The van der Waals surface area contributed by atoms with Gasteiger partial charge in [-0.2, -0.15) is 0 Å². The fraction of sp³-hybridized carbons (Fsp3) is 0.871. The molecule has 89 heavy (non-hydrogen) atoms. The summed E-state index contributed by atoms with van der Waals surface area (Å²) in [6.45, 7) is 30.2. The molecule has 1 aromatic carbocycles. The molecule has 19 heteroatoms. The molecule has 0 radical (unpaired) electrons. The van der Waals surface area contributed by atoms with E-state index in [1.807, 2.05) is 14.0 Å². The van der Waals surface area contributed by atoms with Crippen LogP contribution < -0.4 is 4.74 Å². The molecular formula is C70H120O16Si3. The second kappa shape index (κ2) is 30.6. The van der Waals surface area contributed by atoms with Gasteiger partial charge in [0.1, 0.15) is 23.6 Å². The monoisotopic (exact) mass is 1300 g/mol. The molecule has 508 valence electrons. The molecule has 0 amide bonds. The van der Waals surface area contributed by atoms with Gasteiger partial charge in [0, 0.05) is 37.2 Å². The molecule has 7 aliphatic rings. The van der Waals surface area contributed by atoms with Crippen LogP contribution in [-0.2, 0) is 60.8 Å². The number of methoxy groups -OCH3 is 2. The van der Waals surface area contributed by atoms with Gasteiger partial charge in [-0.15, -0.1) is 0 Å². The standard InChI is InChI=1S/C70H120O16Si3/c1-17-27-28-29-30-31-32-59(72)77-44-47(11)70(74)58(42-54-52-41-57(76-16)69-43-50(69)37-39-67(69,13)53(52)38-40-68(54,70)14)81-65-62(80-48(12)71)60(55(45-78-65)84-87(18-2,19-3)20-4)83-66-63(82-64(73)49-33-35-51(75-15)36-34-49)61(86-89(24-8,25-9)26-10)56(46-79-66)85-88(21-5,22-6)23-7/h33-36,47,50,52-58,60-63,65-66,74H,17-32,37-46H2,1-16H3/t47-,50+,52-,53+,54+,55+,56-,57-,58+,60+,61+,62-,63-,65+,66+,67-,68+,69-,70-/m1/s1. The van der Waals surface area contributed by atoms with Crippen LogP contribution in [0.4, 0.5) is 0 Å². The highest BCUT2D eigenvalue weighted by Gasteiger charge is 2.79. The Labute approximate surface area is 539 Å². The van der Waals surface area contributed by atoms with Gasteiger partial charge in [0.05, 0.1) is 56.9 Å². The summed E-state index contributed by atoms with van der Waals surface area (Å²) < 4.78 is 83.0. The van der Waals surface area contributed by atoms with Crippen LogP contribution in [0.1, 0.15) is 197 Å². The lowest BCUT2D eigenvalue weighted by molar-refractivity contribution is -0.343. The highest BCUT2D eigenvalue weighted by Crippen LogP contribution is 2.82. The number of aliphatic hydroxyl groups is 1. The topological polar surface area (TPSA) is 182 Å². The first-order valence-corrected chi connectivity index (χ1v) is 43.2. The van der Waals surface area contributed by atoms with Gasteiger partial charge in [-0.05, 0) is 159 Å². The molecule has 0 unspecified atom stereocenters. The third-order valence-corrected chi connectivity index (χ3v) is 39.3. The van der Waals surface area contributed by atoms with Crippen molar-refractivity contribution in [3.63, 3.8) is 0 Å². The van der Waals surface area contributed by atoms with Gasteiger partial charge < -0.3 is 61.0 Å². The van der Waals surface area contributed by atoms with Gasteiger partial charge >= 0.3 is 17.9 Å². The zero-order chi connectivity index (χ0) is 64.7. The molecule has 0 bridgehead atoms.